The summed E-state index contributed by atoms with van der Waals surface area (Å²) in [6, 6.07) is 5.83. The Kier molecular flexibility index (Phi) is 3.45. The second-order valence-electron chi connectivity index (χ2n) is 2.44. The summed E-state index contributed by atoms with van der Waals surface area (Å²) in [4.78, 5) is 10.6. The van der Waals surface area contributed by atoms with E-state index in [2.05, 4.69) is 10.5 Å². The van der Waals surface area contributed by atoms with Gasteiger partial charge in [-0.1, -0.05) is 12.1 Å². The molecule has 0 fully saturated rings. The maximum atomic E-state index is 10.6. The second kappa shape index (κ2) is 4.83. The fourth-order valence-corrected chi connectivity index (χ4v) is 0.803. The second-order valence-corrected chi connectivity index (χ2v) is 2.44. The first-order valence-electron chi connectivity index (χ1n) is 3.81. The minimum atomic E-state index is -0.610. The Labute approximate surface area is 80.4 Å². The third-order valence-corrected chi connectivity index (χ3v) is 1.38. The van der Waals surface area contributed by atoms with Gasteiger partial charge in [-0.25, -0.2) is 16.1 Å². The number of phenols is 1. The highest BCUT2D eigenvalue weighted by Gasteiger charge is 1.92. The smallest absolute Gasteiger partial charge is 0.349 e. The van der Waals surface area contributed by atoms with Crippen LogP contribution in [0.25, 0.3) is 0 Å². The van der Waals surface area contributed by atoms with E-state index in [1.54, 1.807) is 12.1 Å². The zero-order chi connectivity index (χ0) is 10.4. The third-order valence-electron chi connectivity index (χ3n) is 1.38. The number of phenolic OH excluding ortho intramolecular Hbond substituents is 1. The number of amides is 2. The van der Waals surface area contributed by atoms with Crippen LogP contribution in [0.15, 0.2) is 29.4 Å². The Bertz CT molecular complexity index is 351. The van der Waals surface area contributed by atoms with E-state index in [0.717, 1.165) is 0 Å². The third kappa shape index (κ3) is 3.11. The number of nitrogens with one attached hydrogen (secondary N) is 2. The minimum absolute atomic E-state index is 0.136. The number of hydrazine groups is 1. The van der Waals surface area contributed by atoms with Gasteiger partial charge in [-0.15, -0.1) is 0 Å². The summed E-state index contributed by atoms with van der Waals surface area (Å²) in [5, 5.41) is 12.7. The van der Waals surface area contributed by atoms with Gasteiger partial charge >= 0.3 is 6.03 Å². The van der Waals surface area contributed by atoms with E-state index >= 15 is 0 Å². The van der Waals surface area contributed by atoms with E-state index in [1.165, 1.54) is 18.3 Å². The van der Waals surface area contributed by atoms with Crippen molar-refractivity contribution in [1.82, 2.24) is 10.9 Å². The number of hydrogen-bond donors (Lipinski definition) is 4. The van der Waals surface area contributed by atoms with Gasteiger partial charge in [0.1, 0.15) is 5.75 Å². The van der Waals surface area contributed by atoms with Gasteiger partial charge in [0.25, 0.3) is 0 Å². The zero-order valence-corrected chi connectivity index (χ0v) is 7.27. The number of nitrogens with zero attached hydrogens (tertiary/aromatic N) is 1. The summed E-state index contributed by atoms with van der Waals surface area (Å²) in [6.07, 6.45) is 1.38. The van der Waals surface area contributed by atoms with Crippen LogP contribution in [-0.2, 0) is 0 Å². The quantitative estimate of drug-likeness (QED) is 0.229. The van der Waals surface area contributed by atoms with Gasteiger partial charge in [0, 0.05) is 0 Å². The SMILES string of the molecule is NNC(=O)N/N=C\c1cccc(O)c1. The van der Waals surface area contributed by atoms with Crippen LogP contribution in [0.4, 0.5) is 4.79 Å². The molecule has 1 aromatic carbocycles. The van der Waals surface area contributed by atoms with E-state index in [4.69, 9.17) is 10.9 Å². The minimum Gasteiger partial charge on any atom is -0.508 e. The Balaban J connectivity index is 2.56. The molecule has 1 aromatic rings. The molecule has 74 valence electrons. The Morgan fingerprint density at radius 2 is 2.36 bits per heavy atom. The molecule has 6 heteroatoms. The monoisotopic (exact) mass is 194 g/mol. The van der Waals surface area contributed by atoms with Gasteiger partial charge < -0.3 is 5.11 Å². The molecule has 0 aliphatic heterocycles. The van der Waals surface area contributed by atoms with Crippen molar-refractivity contribution in [2.45, 2.75) is 0 Å². The first kappa shape index (κ1) is 10.0. The van der Waals surface area contributed by atoms with Gasteiger partial charge in [0.05, 0.1) is 6.21 Å². The highest BCUT2D eigenvalue weighted by Crippen LogP contribution is 2.08. The topological polar surface area (TPSA) is 99.7 Å². The van der Waals surface area contributed by atoms with Crippen molar-refractivity contribution in [2.24, 2.45) is 10.9 Å². The van der Waals surface area contributed by atoms with E-state index in [0.29, 0.717) is 5.56 Å². The van der Waals surface area contributed by atoms with E-state index in [-0.39, 0.29) is 5.75 Å². The first-order valence-corrected chi connectivity index (χ1v) is 3.81. The summed E-state index contributed by atoms with van der Waals surface area (Å²) < 4.78 is 0. The molecule has 0 bridgehead atoms. The molecular formula is C8H10N4O2. The summed E-state index contributed by atoms with van der Waals surface area (Å²) in [5.41, 5.74) is 4.63. The lowest BCUT2D eigenvalue weighted by molar-refractivity contribution is 0.241. The molecule has 1 rings (SSSR count). The molecule has 0 aromatic heterocycles. The summed E-state index contributed by atoms with van der Waals surface area (Å²) in [7, 11) is 0. The molecule has 0 saturated carbocycles. The Morgan fingerprint density at radius 1 is 1.57 bits per heavy atom. The number of carbonyl (C=O) groups excluding carboxylic acids is 1. The lowest BCUT2D eigenvalue weighted by Crippen LogP contribution is -2.37. The fourth-order valence-electron chi connectivity index (χ4n) is 0.803. The summed E-state index contributed by atoms with van der Waals surface area (Å²) in [5.74, 6) is 4.94. The highest BCUT2D eigenvalue weighted by molar-refractivity contribution is 5.82. The zero-order valence-electron chi connectivity index (χ0n) is 7.27. The molecule has 0 unspecified atom stereocenters. The van der Waals surface area contributed by atoms with Crippen LogP contribution < -0.4 is 16.7 Å². The van der Waals surface area contributed by atoms with Crippen molar-refractivity contribution in [1.29, 1.82) is 0 Å². The molecule has 14 heavy (non-hydrogen) atoms. The van der Waals surface area contributed by atoms with Crippen molar-refractivity contribution < 1.29 is 9.90 Å². The number of nitrogens with two attached hydrogens (primary N) is 1. The maximum Gasteiger partial charge on any atom is 0.349 e. The molecular weight excluding hydrogens is 184 g/mol. The average molecular weight is 194 g/mol. The lowest BCUT2D eigenvalue weighted by Gasteiger charge is -1.96. The Hall–Kier alpha value is -2.08. The predicted molar refractivity (Wildman–Crippen MR) is 51.6 cm³/mol. The van der Waals surface area contributed by atoms with Gasteiger partial charge in [0.15, 0.2) is 0 Å². The summed E-state index contributed by atoms with van der Waals surface area (Å²) in [6.45, 7) is 0. The van der Waals surface area contributed by atoms with Crippen molar-refractivity contribution in [3.8, 4) is 5.75 Å². The molecule has 0 heterocycles. The maximum absolute atomic E-state index is 10.6. The molecule has 0 saturated heterocycles. The van der Waals surface area contributed by atoms with Gasteiger partial charge in [-0.05, 0) is 17.7 Å². The van der Waals surface area contributed by atoms with Crippen LogP contribution in [0.3, 0.4) is 0 Å². The number of hydrazone groups is 1. The van der Waals surface area contributed by atoms with Crippen molar-refractivity contribution in [3.05, 3.63) is 29.8 Å². The van der Waals surface area contributed by atoms with Crippen LogP contribution >= 0.6 is 0 Å². The van der Waals surface area contributed by atoms with Crippen molar-refractivity contribution in [3.63, 3.8) is 0 Å². The first-order chi connectivity index (χ1) is 6.72. The largest absolute Gasteiger partial charge is 0.508 e. The van der Waals surface area contributed by atoms with Gasteiger partial charge in [0.2, 0.25) is 0 Å². The molecule has 0 atom stereocenters. The predicted octanol–water partition coefficient (Wildman–Crippen LogP) is -0.101. The number of benzene rings is 1. The lowest BCUT2D eigenvalue weighted by atomic mass is 10.2. The number of rotatable bonds is 2. The fraction of sp³-hybridized carbons (Fsp3) is 0. The van der Waals surface area contributed by atoms with Crippen molar-refractivity contribution in [2.75, 3.05) is 0 Å². The van der Waals surface area contributed by atoms with Gasteiger partial charge in [-0.3, -0.25) is 5.43 Å². The average Bonchev–Trinajstić information content (AvgIpc) is 2.17. The normalized spacial score (nSPS) is 10.1. The molecule has 0 radical (unpaired) electrons. The van der Waals surface area contributed by atoms with Crippen LogP contribution in [-0.4, -0.2) is 17.4 Å². The van der Waals surface area contributed by atoms with Crippen LogP contribution in [0.2, 0.25) is 0 Å². The van der Waals surface area contributed by atoms with E-state index in [1.807, 2.05) is 5.43 Å². The molecule has 0 spiro atoms. The van der Waals surface area contributed by atoms with Crippen LogP contribution in [0.5, 0.6) is 5.75 Å². The summed E-state index contributed by atoms with van der Waals surface area (Å²) >= 11 is 0. The molecule has 0 aliphatic carbocycles. The number of carbonyl (C=O) groups is 1. The highest BCUT2D eigenvalue weighted by atomic mass is 16.3. The van der Waals surface area contributed by atoms with E-state index in [9.17, 15) is 4.79 Å². The number of aromatic hydroxyl groups is 1. The van der Waals surface area contributed by atoms with Crippen LogP contribution in [0.1, 0.15) is 5.56 Å². The number of hydrogen-bond acceptors (Lipinski definition) is 4. The molecule has 2 amide bonds. The Morgan fingerprint density at radius 3 is 3.00 bits per heavy atom. The molecule has 0 aliphatic rings. The molecule has 5 N–H and O–H groups in total. The van der Waals surface area contributed by atoms with Gasteiger partial charge in [-0.2, -0.15) is 5.10 Å². The van der Waals surface area contributed by atoms with Crippen molar-refractivity contribution >= 4 is 12.2 Å². The van der Waals surface area contributed by atoms with Crippen LogP contribution in [0, 0.1) is 0 Å². The molecule has 6 nitrogen and oxygen atoms in total. The number of urea groups is 1. The van der Waals surface area contributed by atoms with E-state index < -0.39 is 6.03 Å². The standard InChI is InChI=1S/C8H10N4O2/c9-11-8(14)12-10-5-6-2-1-3-7(13)4-6/h1-5,13H,9H2,(H2,11,12,14)/b10-5-.